The molecule has 1 aromatic rings. The lowest BCUT2D eigenvalue weighted by Crippen LogP contribution is -2.31. The highest BCUT2D eigenvalue weighted by Gasteiger charge is 2.24. The molecule has 0 aliphatic heterocycles. The fourth-order valence-corrected chi connectivity index (χ4v) is 2.19. The topological polar surface area (TPSA) is 26.0 Å². The molecule has 0 fully saturated rings. The van der Waals surface area contributed by atoms with Crippen molar-refractivity contribution in [3.63, 3.8) is 0 Å². The van der Waals surface area contributed by atoms with Crippen LogP contribution in [0.15, 0.2) is 24.3 Å². The first-order chi connectivity index (χ1) is 7.69. The summed E-state index contributed by atoms with van der Waals surface area (Å²) in [5.74, 6) is 0. The standard InChI is InChI=1S/C15H25N/c1-4-13-7-9-14(10-8-13)11-15(5-2,6-3)12-16/h7-10H,4-6,11-12,16H2,1-3H3. The van der Waals surface area contributed by atoms with Crippen LogP contribution >= 0.6 is 0 Å². The van der Waals surface area contributed by atoms with E-state index < -0.39 is 0 Å². The second-order valence-corrected chi connectivity index (χ2v) is 4.76. The molecule has 0 heterocycles. The van der Waals surface area contributed by atoms with E-state index in [1.54, 1.807) is 0 Å². The highest BCUT2D eigenvalue weighted by atomic mass is 14.6. The summed E-state index contributed by atoms with van der Waals surface area (Å²) in [6.07, 6.45) is 4.55. The van der Waals surface area contributed by atoms with Gasteiger partial charge >= 0.3 is 0 Å². The monoisotopic (exact) mass is 219 g/mol. The fourth-order valence-electron chi connectivity index (χ4n) is 2.19. The first-order valence-corrected chi connectivity index (χ1v) is 6.47. The molecule has 1 nitrogen and oxygen atoms in total. The SMILES string of the molecule is CCc1ccc(CC(CC)(CC)CN)cc1. The average molecular weight is 219 g/mol. The second kappa shape index (κ2) is 6.05. The van der Waals surface area contributed by atoms with Gasteiger partial charge in [0.25, 0.3) is 0 Å². The summed E-state index contributed by atoms with van der Waals surface area (Å²) in [6, 6.07) is 8.99. The van der Waals surface area contributed by atoms with Gasteiger partial charge in [-0.05, 0) is 48.8 Å². The van der Waals surface area contributed by atoms with E-state index in [0.717, 1.165) is 32.2 Å². The van der Waals surface area contributed by atoms with Gasteiger partial charge in [-0.15, -0.1) is 0 Å². The van der Waals surface area contributed by atoms with Crippen molar-refractivity contribution in [1.29, 1.82) is 0 Å². The maximum atomic E-state index is 5.93. The molecule has 0 saturated heterocycles. The maximum Gasteiger partial charge on any atom is -0.00175 e. The van der Waals surface area contributed by atoms with Crippen LogP contribution in [0.1, 0.15) is 44.7 Å². The van der Waals surface area contributed by atoms with Gasteiger partial charge in [-0.3, -0.25) is 0 Å². The van der Waals surface area contributed by atoms with Crippen molar-refractivity contribution in [2.45, 2.75) is 46.5 Å². The zero-order chi connectivity index (χ0) is 12.0. The predicted octanol–water partition coefficient (Wildman–Crippen LogP) is 3.56. The molecule has 1 rings (SSSR count). The Morgan fingerprint density at radius 1 is 0.938 bits per heavy atom. The molecule has 90 valence electrons. The van der Waals surface area contributed by atoms with Gasteiger partial charge in [-0.1, -0.05) is 45.0 Å². The van der Waals surface area contributed by atoms with Crippen LogP contribution in [0.3, 0.4) is 0 Å². The molecule has 0 aliphatic rings. The molecule has 0 unspecified atom stereocenters. The number of benzene rings is 1. The Bertz CT molecular complexity index is 287. The lowest BCUT2D eigenvalue weighted by molar-refractivity contribution is 0.271. The van der Waals surface area contributed by atoms with Gasteiger partial charge in [0.1, 0.15) is 0 Å². The molecule has 0 aliphatic carbocycles. The predicted molar refractivity (Wildman–Crippen MR) is 71.6 cm³/mol. The van der Waals surface area contributed by atoms with Crippen LogP contribution in [-0.4, -0.2) is 6.54 Å². The van der Waals surface area contributed by atoms with E-state index in [1.807, 2.05) is 0 Å². The van der Waals surface area contributed by atoms with E-state index in [9.17, 15) is 0 Å². The molecule has 0 atom stereocenters. The number of nitrogens with two attached hydrogens (primary N) is 1. The normalized spacial score (nSPS) is 11.8. The third kappa shape index (κ3) is 3.08. The van der Waals surface area contributed by atoms with Crippen molar-refractivity contribution < 1.29 is 0 Å². The molecule has 2 N–H and O–H groups in total. The summed E-state index contributed by atoms with van der Waals surface area (Å²) < 4.78 is 0. The Morgan fingerprint density at radius 2 is 1.44 bits per heavy atom. The van der Waals surface area contributed by atoms with Crippen molar-refractivity contribution in [2.24, 2.45) is 11.1 Å². The minimum atomic E-state index is 0.299. The molecule has 16 heavy (non-hydrogen) atoms. The van der Waals surface area contributed by atoms with Crippen molar-refractivity contribution in [3.05, 3.63) is 35.4 Å². The highest BCUT2D eigenvalue weighted by molar-refractivity contribution is 5.23. The maximum absolute atomic E-state index is 5.93. The zero-order valence-electron chi connectivity index (χ0n) is 10.9. The summed E-state index contributed by atoms with van der Waals surface area (Å²) >= 11 is 0. The third-order valence-corrected chi connectivity index (χ3v) is 3.94. The quantitative estimate of drug-likeness (QED) is 0.778. The van der Waals surface area contributed by atoms with Crippen LogP contribution in [-0.2, 0) is 12.8 Å². The van der Waals surface area contributed by atoms with E-state index >= 15 is 0 Å². The summed E-state index contributed by atoms with van der Waals surface area (Å²) in [6.45, 7) is 7.47. The molecule has 1 heteroatoms. The van der Waals surface area contributed by atoms with Crippen LogP contribution in [0, 0.1) is 5.41 Å². The average Bonchev–Trinajstić information content (AvgIpc) is 2.37. The van der Waals surface area contributed by atoms with Gasteiger partial charge in [0.15, 0.2) is 0 Å². The minimum Gasteiger partial charge on any atom is -0.330 e. The van der Waals surface area contributed by atoms with E-state index in [4.69, 9.17) is 5.73 Å². The van der Waals surface area contributed by atoms with Gasteiger partial charge in [0, 0.05) is 0 Å². The van der Waals surface area contributed by atoms with Gasteiger partial charge in [0.05, 0.1) is 0 Å². The van der Waals surface area contributed by atoms with Gasteiger partial charge in [-0.25, -0.2) is 0 Å². The van der Waals surface area contributed by atoms with Crippen LogP contribution in [0.2, 0.25) is 0 Å². The smallest absolute Gasteiger partial charge is 0.00175 e. The van der Waals surface area contributed by atoms with Crippen molar-refractivity contribution in [3.8, 4) is 0 Å². The molecule has 0 bridgehead atoms. The number of hydrogen-bond acceptors (Lipinski definition) is 1. The third-order valence-electron chi connectivity index (χ3n) is 3.94. The Labute approximate surface area is 100 Å². The molecule has 0 radical (unpaired) electrons. The zero-order valence-corrected chi connectivity index (χ0v) is 10.9. The summed E-state index contributed by atoms with van der Waals surface area (Å²) in [4.78, 5) is 0. The van der Waals surface area contributed by atoms with Gasteiger partial charge < -0.3 is 5.73 Å². The largest absolute Gasteiger partial charge is 0.330 e. The number of hydrogen-bond donors (Lipinski definition) is 1. The van der Waals surface area contributed by atoms with E-state index in [0.29, 0.717) is 5.41 Å². The highest BCUT2D eigenvalue weighted by Crippen LogP contribution is 2.29. The van der Waals surface area contributed by atoms with Gasteiger partial charge in [0.2, 0.25) is 0 Å². The lowest BCUT2D eigenvalue weighted by atomic mass is 9.77. The summed E-state index contributed by atoms with van der Waals surface area (Å²) in [5, 5.41) is 0. The van der Waals surface area contributed by atoms with Crippen molar-refractivity contribution in [2.75, 3.05) is 6.54 Å². The van der Waals surface area contributed by atoms with Crippen LogP contribution < -0.4 is 5.73 Å². The molecular weight excluding hydrogens is 194 g/mol. The van der Waals surface area contributed by atoms with Crippen LogP contribution in [0.25, 0.3) is 0 Å². The van der Waals surface area contributed by atoms with E-state index in [2.05, 4.69) is 45.0 Å². The Balaban J connectivity index is 2.77. The second-order valence-electron chi connectivity index (χ2n) is 4.76. The molecule has 1 aromatic carbocycles. The summed E-state index contributed by atoms with van der Waals surface area (Å²) in [7, 11) is 0. The number of aryl methyl sites for hydroxylation is 1. The Hall–Kier alpha value is -0.820. The molecule has 0 spiro atoms. The molecule has 0 saturated carbocycles. The first-order valence-electron chi connectivity index (χ1n) is 6.47. The molecule has 0 aromatic heterocycles. The van der Waals surface area contributed by atoms with Crippen LogP contribution in [0.4, 0.5) is 0 Å². The number of rotatable bonds is 6. The van der Waals surface area contributed by atoms with E-state index in [-0.39, 0.29) is 0 Å². The first kappa shape index (κ1) is 13.2. The van der Waals surface area contributed by atoms with Crippen molar-refractivity contribution >= 4 is 0 Å². The van der Waals surface area contributed by atoms with Crippen LogP contribution in [0.5, 0.6) is 0 Å². The Morgan fingerprint density at radius 3 is 1.81 bits per heavy atom. The van der Waals surface area contributed by atoms with Gasteiger partial charge in [-0.2, -0.15) is 0 Å². The van der Waals surface area contributed by atoms with E-state index in [1.165, 1.54) is 11.1 Å². The minimum absolute atomic E-state index is 0.299. The Kier molecular flexibility index (Phi) is 5.01. The molecular formula is C15H25N. The van der Waals surface area contributed by atoms with Crippen molar-refractivity contribution in [1.82, 2.24) is 0 Å². The molecule has 0 amide bonds. The fraction of sp³-hybridized carbons (Fsp3) is 0.600. The summed E-state index contributed by atoms with van der Waals surface area (Å²) in [5.41, 5.74) is 9.07. The lowest BCUT2D eigenvalue weighted by Gasteiger charge is -2.30.